The zero-order chi connectivity index (χ0) is 26.2. The van der Waals surface area contributed by atoms with Gasteiger partial charge in [0.1, 0.15) is 11.6 Å². The Bertz CT molecular complexity index is 1510. The normalized spacial score (nSPS) is 16.1. The number of sulfonamides is 1. The first-order chi connectivity index (χ1) is 17.7. The zero-order valence-corrected chi connectivity index (χ0v) is 22.7. The number of para-hydroxylation sites is 2. The van der Waals surface area contributed by atoms with Crippen LogP contribution in [0.25, 0.3) is 10.9 Å². The minimum absolute atomic E-state index is 0.0801. The molecule has 1 fully saturated rings. The average molecular weight is 536 g/mol. The third-order valence-electron chi connectivity index (χ3n) is 6.99. The maximum atomic E-state index is 13.1. The molecule has 0 saturated carbocycles. The monoisotopic (exact) mass is 535 g/mol. The van der Waals surface area contributed by atoms with Gasteiger partial charge in [-0.25, -0.2) is 18.4 Å². The molecule has 1 N–H and O–H groups in total. The van der Waals surface area contributed by atoms with Gasteiger partial charge in [-0.15, -0.1) is 0 Å². The van der Waals surface area contributed by atoms with E-state index in [4.69, 9.17) is 21.6 Å². The number of fused-ring (bicyclic) bond motifs is 1. The summed E-state index contributed by atoms with van der Waals surface area (Å²) in [5.41, 5.74) is 4.22. The van der Waals surface area contributed by atoms with Crippen LogP contribution in [0.2, 0.25) is 5.02 Å². The zero-order valence-electron chi connectivity index (χ0n) is 21.1. The van der Waals surface area contributed by atoms with Crippen LogP contribution in [0.5, 0.6) is 0 Å². The molecule has 1 atom stereocenters. The number of anilines is 2. The maximum absolute atomic E-state index is 13.1. The van der Waals surface area contributed by atoms with Gasteiger partial charge in [0.05, 0.1) is 16.5 Å². The van der Waals surface area contributed by atoms with Gasteiger partial charge in [-0.05, 0) is 68.3 Å². The lowest BCUT2D eigenvalue weighted by atomic mass is 10.1. The van der Waals surface area contributed by atoms with Crippen molar-refractivity contribution in [2.24, 2.45) is 0 Å². The summed E-state index contributed by atoms with van der Waals surface area (Å²) in [6.45, 7) is 8.22. The molecule has 0 spiro atoms. The largest absolute Gasteiger partial charge is 0.339 e. The number of hydrogen-bond donors (Lipinski definition) is 1. The molecule has 0 unspecified atom stereocenters. The van der Waals surface area contributed by atoms with E-state index in [0.29, 0.717) is 37.0 Å². The molecule has 4 aromatic rings. The fourth-order valence-electron chi connectivity index (χ4n) is 4.76. The van der Waals surface area contributed by atoms with Crippen LogP contribution >= 0.6 is 11.6 Å². The van der Waals surface area contributed by atoms with Crippen molar-refractivity contribution in [3.05, 3.63) is 88.7 Å². The van der Waals surface area contributed by atoms with Crippen LogP contribution in [0.3, 0.4) is 0 Å². The number of halogens is 1. The number of nitrogens with one attached hydrogen (secondary N) is 1. The lowest BCUT2D eigenvalue weighted by Gasteiger charge is -2.36. The quantitative estimate of drug-likeness (QED) is 0.340. The maximum Gasteiger partial charge on any atom is 0.243 e. The predicted molar refractivity (Wildman–Crippen MR) is 149 cm³/mol. The molecule has 9 heteroatoms. The number of aryl methyl sites for hydroxylation is 2. The van der Waals surface area contributed by atoms with Crippen LogP contribution in [0.15, 0.2) is 71.6 Å². The van der Waals surface area contributed by atoms with Crippen molar-refractivity contribution in [1.82, 2.24) is 19.2 Å². The minimum Gasteiger partial charge on any atom is -0.339 e. The van der Waals surface area contributed by atoms with E-state index in [1.807, 2.05) is 30.3 Å². The van der Waals surface area contributed by atoms with E-state index in [-0.39, 0.29) is 10.9 Å². The highest BCUT2D eigenvalue weighted by Crippen LogP contribution is 2.30. The predicted octanol–water partition coefficient (Wildman–Crippen LogP) is 5.71. The number of hydrogen-bond acceptors (Lipinski definition) is 6. The van der Waals surface area contributed by atoms with Crippen molar-refractivity contribution < 1.29 is 8.42 Å². The van der Waals surface area contributed by atoms with E-state index in [2.05, 4.69) is 43.1 Å². The fourth-order valence-corrected chi connectivity index (χ4v) is 6.31. The van der Waals surface area contributed by atoms with Gasteiger partial charge in [0.15, 0.2) is 0 Å². The van der Waals surface area contributed by atoms with Crippen molar-refractivity contribution >= 4 is 44.0 Å². The molecule has 1 aliphatic heterocycles. The first-order valence-corrected chi connectivity index (χ1v) is 14.2. The van der Waals surface area contributed by atoms with Crippen LogP contribution in [-0.4, -0.2) is 53.8 Å². The second kappa shape index (κ2) is 10.4. The Morgan fingerprint density at radius 1 is 0.865 bits per heavy atom. The lowest BCUT2D eigenvalue weighted by Crippen LogP contribution is -2.49. The van der Waals surface area contributed by atoms with Gasteiger partial charge in [0, 0.05) is 42.3 Å². The highest BCUT2D eigenvalue weighted by molar-refractivity contribution is 7.89. The SMILES string of the molecule is Cc1cccc(C)c1Nc1nc([C@@H](C)N2CCN(S(=O)(=O)c3ccc(Cl)cc3)CC2)nc2ccccc12. The van der Waals surface area contributed by atoms with Gasteiger partial charge in [-0.2, -0.15) is 4.31 Å². The minimum atomic E-state index is -3.56. The Morgan fingerprint density at radius 2 is 1.51 bits per heavy atom. The summed E-state index contributed by atoms with van der Waals surface area (Å²) in [5, 5.41) is 5.04. The summed E-state index contributed by atoms with van der Waals surface area (Å²) in [4.78, 5) is 12.4. The average Bonchev–Trinajstić information content (AvgIpc) is 2.90. The molecule has 0 aliphatic carbocycles. The molecule has 37 heavy (non-hydrogen) atoms. The number of benzene rings is 3. The molecule has 1 aromatic heterocycles. The van der Waals surface area contributed by atoms with E-state index in [1.54, 1.807) is 24.3 Å². The van der Waals surface area contributed by atoms with Gasteiger partial charge in [-0.3, -0.25) is 4.90 Å². The fraction of sp³-hybridized carbons (Fsp3) is 0.286. The van der Waals surface area contributed by atoms with Gasteiger partial charge in [0.25, 0.3) is 0 Å². The molecule has 1 aliphatic rings. The Morgan fingerprint density at radius 3 is 2.19 bits per heavy atom. The second-order valence-corrected chi connectivity index (χ2v) is 11.8. The summed E-state index contributed by atoms with van der Waals surface area (Å²) >= 11 is 5.94. The van der Waals surface area contributed by atoms with Gasteiger partial charge >= 0.3 is 0 Å². The molecule has 5 rings (SSSR count). The molecular weight excluding hydrogens is 506 g/mol. The van der Waals surface area contributed by atoms with Crippen LogP contribution < -0.4 is 5.32 Å². The highest BCUT2D eigenvalue weighted by atomic mass is 35.5. The van der Waals surface area contributed by atoms with E-state index in [1.165, 1.54) is 4.31 Å². The Hall–Kier alpha value is -3.04. The number of aromatic nitrogens is 2. The summed E-state index contributed by atoms with van der Waals surface area (Å²) in [6.07, 6.45) is 0. The molecule has 3 aromatic carbocycles. The summed E-state index contributed by atoms with van der Waals surface area (Å²) in [5.74, 6) is 1.48. The standard InChI is InChI=1S/C28H30ClN5O2S/c1-19-7-6-8-20(2)26(19)31-28-24-9-4-5-10-25(24)30-27(32-28)21(3)33-15-17-34(18-16-33)37(35,36)23-13-11-22(29)12-14-23/h4-14,21H,15-18H2,1-3H3,(H,30,31,32)/t21-/m1/s1. The Balaban J connectivity index is 1.38. The number of rotatable bonds is 6. The van der Waals surface area contributed by atoms with E-state index in [9.17, 15) is 8.42 Å². The van der Waals surface area contributed by atoms with Gasteiger partial charge < -0.3 is 5.32 Å². The topological polar surface area (TPSA) is 78.4 Å². The van der Waals surface area contributed by atoms with Crippen LogP contribution in [-0.2, 0) is 10.0 Å². The molecule has 1 saturated heterocycles. The molecule has 0 amide bonds. The van der Waals surface area contributed by atoms with Crippen molar-refractivity contribution in [3.63, 3.8) is 0 Å². The van der Waals surface area contributed by atoms with Crippen molar-refractivity contribution in [1.29, 1.82) is 0 Å². The first-order valence-electron chi connectivity index (χ1n) is 12.3. The second-order valence-electron chi connectivity index (χ2n) is 9.41. The van der Waals surface area contributed by atoms with Gasteiger partial charge in [0.2, 0.25) is 10.0 Å². The Labute approximate surface area is 223 Å². The third-order valence-corrected chi connectivity index (χ3v) is 9.16. The number of piperazine rings is 1. The Kier molecular flexibility index (Phi) is 7.18. The lowest BCUT2D eigenvalue weighted by molar-refractivity contribution is 0.141. The molecule has 2 heterocycles. The van der Waals surface area contributed by atoms with E-state index in [0.717, 1.165) is 33.5 Å². The highest BCUT2D eigenvalue weighted by Gasteiger charge is 2.31. The summed E-state index contributed by atoms with van der Waals surface area (Å²) in [6, 6.07) is 20.5. The third kappa shape index (κ3) is 5.20. The van der Waals surface area contributed by atoms with Crippen LogP contribution in [0.1, 0.15) is 29.9 Å². The first kappa shape index (κ1) is 25.6. The molecule has 7 nitrogen and oxygen atoms in total. The van der Waals surface area contributed by atoms with Crippen LogP contribution in [0.4, 0.5) is 11.5 Å². The van der Waals surface area contributed by atoms with Crippen molar-refractivity contribution in [3.8, 4) is 0 Å². The van der Waals surface area contributed by atoms with Crippen LogP contribution in [0, 0.1) is 13.8 Å². The van der Waals surface area contributed by atoms with Gasteiger partial charge in [-0.1, -0.05) is 41.9 Å². The molecule has 0 bridgehead atoms. The van der Waals surface area contributed by atoms with E-state index < -0.39 is 10.0 Å². The molecular formula is C28H30ClN5O2S. The number of nitrogens with zero attached hydrogens (tertiary/aromatic N) is 4. The summed E-state index contributed by atoms with van der Waals surface area (Å²) in [7, 11) is -3.56. The van der Waals surface area contributed by atoms with Crippen molar-refractivity contribution in [2.45, 2.75) is 31.7 Å². The van der Waals surface area contributed by atoms with Crippen molar-refractivity contribution in [2.75, 3.05) is 31.5 Å². The summed E-state index contributed by atoms with van der Waals surface area (Å²) < 4.78 is 27.7. The van der Waals surface area contributed by atoms with E-state index >= 15 is 0 Å². The molecule has 192 valence electrons. The molecule has 0 radical (unpaired) electrons. The smallest absolute Gasteiger partial charge is 0.243 e.